The second-order valence-electron chi connectivity index (χ2n) is 5.95. The van der Waals surface area contributed by atoms with E-state index in [4.69, 9.17) is 0 Å². The second kappa shape index (κ2) is 7.84. The molecule has 0 amide bonds. The molecular weight excluding hydrogens is 372 g/mol. The number of aromatic nitrogens is 2. The first-order chi connectivity index (χ1) is 12.9. The number of rotatable bonds is 6. The van der Waals surface area contributed by atoms with Crippen molar-refractivity contribution in [2.45, 2.75) is 11.8 Å². The zero-order valence-electron chi connectivity index (χ0n) is 14.8. The Kier molecular flexibility index (Phi) is 5.51. The smallest absolute Gasteiger partial charge is 0.269 e. The van der Waals surface area contributed by atoms with Gasteiger partial charge in [-0.15, -0.1) is 10.2 Å². The molecule has 1 saturated heterocycles. The van der Waals surface area contributed by atoms with Crippen molar-refractivity contribution in [2.24, 2.45) is 0 Å². The van der Waals surface area contributed by atoms with Gasteiger partial charge in [0.25, 0.3) is 5.69 Å². The highest BCUT2D eigenvalue weighted by molar-refractivity contribution is 7.89. The zero-order chi connectivity index (χ0) is 19.4. The molecular formula is C16H20N6O4S. The molecule has 27 heavy (non-hydrogen) atoms. The van der Waals surface area contributed by atoms with Gasteiger partial charge in [-0.05, 0) is 31.2 Å². The van der Waals surface area contributed by atoms with E-state index < -0.39 is 14.9 Å². The SMILES string of the molecule is CCNc1ccc(N2CCN(S(=O)(=O)c3ccc([N+](=O)[O-])cc3)CC2)nn1. The monoisotopic (exact) mass is 392 g/mol. The summed E-state index contributed by atoms with van der Waals surface area (Å²) in [5.74, 6) is 1.39. The highest BCUT2D eigenvalue weighted by Crippen LogP contribution is 2.22. The van der Waals surface area contributed by atoms with Gasteiger partial charge in [0.2, 0.25) is 10.0 Å². The summed E-state index contributed by atoms with van der Waals surface area (Å²) >= 11 is 0. The topological polar surface area (TPSA) is 122 Å². The molecule has 1 aromatic heterocycles. The summed E-state index contributed by atoms with van der Waals surface area (Å²) in [7, 11) is -3.69. The van der Waals surface area contributed by atoms with Crippen LogP contribution in [-0.4, -0.2) is 60.6 Å². The Hall–Kier alpha value is -2.79. The molecule has 1 aliphatic rings. The van der Waals surface area contributed by atoms with Crippen LogP contribution in [0.25, 0.3) is 0 Å². The van der Waals surface area contributed by atoms with E-state index in [0.717, 1.165) is 6.54 Å². The molecule has 11 heteroatoms. The van der Waals surface area contributed by atoms with Crippen LogP contribution in [0.4, 0.5) is 17.3 Å². The number of piperazine rings is 1. The number of nitro benzene ring substituents is 1. The maximum atomic E-state index is 12.7. The van der Waals surface area contributed by atoms with Crippen LogP contribution in [0.3, 0.4) is 0 Å². The maximum absolute atomic E-state index is 12.7. The Labute approximate surface area is 157 Å². The molecule has 3 rings (SSSR count). The summed E-state index contributed by atoms with van der Waals surface area (Å²) in [6, 6.07) is 8.63. The lowest BCUT2D eigenvalue weighted by molar-refractivity contribution is -0.384. The zero-order valence-corrected chi connectivity index (χ0v) is 15.6. The molecule has 0 bridgehead atoms. The Balaban J connectivity index is 1.66. The molecule has 1 aliphatic heterocycles. The highest BCUT2D eigenvalue weighted by Gasteiger charge is 2.29. The molecule has 0 spiro atoms. The molecule has 0 atom stereocenters. The van der Waals surface area contributed by atoms with E-state index in [-0.39, 0.29) is 10.6 Å². The first-order valence-corrected chi connectivity index (χ1v) is 9.93. The quantitative estimate of drug-likeness (QED) is 0.577. The Bertz CT molecular complexity index is 894. The van der Waals surface area contributed by atoms with Crippen LogP contribution in [0.1, 0.15) is 6.92 Å². The maximum Gasteiger partial charge on any atom is 0.269 e. The fraction of sp³-hybridized carbons (Fsp3) is 0.375. The molecule has 2 heterocycles. The second-order valence-corrected chi connectivity index (χ2v) is 7.89. The Morgan fingerprint density at radius 2 is 1.74 bits per heavy atom. The van der Waals surface area contributed by atoms with Crippen LogP contribution in [0.5, 0.6) is 0 Å². The fourth-order valence-electron chi connectivity index (χ4n) is 2.82. The van der Waals surface area contributed by atoms with Gasteiger partial charge in [-0.3, -0.25) is 10.1 Å². The van der Waals surface area contributed by atoms with E-state index in [1.807, 2.05) is 24.0 Å². The van der Waals surface area contributed by atoms with E-state index in [2.05, 4.69) is 15.5 Å². The van der Waals surface area contributed by atoms with Crippen molar-refractivity contribution in [3.8, 4) is 0 Å². The van der Waals surface area contributed by atoms with Crippen LogP contribution < -0.4 is 10.2 Å². The van der Waals surface area contributed by atoms with E-state index >= 15 is 0 Å². The summed E-state index contributed by atoms with van der Waals surface area (Å²) in [5, 5.41) is 22.1. The molecule has 0 unspecified atom stereocenters. The van der Waals surface area contributed by atoms with Gasteiger partial charge in [-0.1, -0.05) is 0 Å². The number of hydrogen-bond donors (Lipinski definition) is 1. The van der Waals surface area contributed by atoms with Gasteiger partial charge in [-0.25, -0.2) is 8.42 Å². The summed E-state index contributed by atoms with van der Waals surface area (Å²) < 4.78 is 26.8. The number of anilines is 2. The van der Waals surface area contributed by atoms with Crippen molar-refractivity contribution in [2.75, 3.05) is 42.9 Å². The predicted octanol–water partition coefficient (Wildman–Crippen LogP) is 1.33. The molecule has 2 aromatic rings. The van der Waals surface area contributed by atoms with E-state index in [9.17, 15) is 18.5 Å². The van der Waals surface area contributed by atoms with Crippen molar-refractivity contribution in [1.29, 1.82) is 0 Å². The predicted molar refractivity (Wildman–Crippen MR) is 100 cm³/mol. The number of sulfonamides is 1. The van der Waals surface area contributed by atoms with Gasteiger partial charge in [0.1, 0.15) is 5.82 Å². The summed E-state index contributed by atoms with van der Waals surface area (Å²) in [5.41, 5.74) is -0.140. The van der Waals surface area contributed by atoms with Crippen LogP contribution >= 0.6 is 0 Å². The van der Waals surface area contributed by atoms with Gasteiger partial charge in [-0.2, -0.15) is 4.31 Å². The number of nitro groups is 1. The standard InChI is InChI=1S/C16H20N6O4S/c1-2-17-15-7-8-16(19-18-15)20-9-11-21(12-10-20)27(25,26)14-5-3-13(4-6-14)22(23)24/h3-8H,2,9-12H2,1H3,(H,17,18). The van der Waals surface area contributed by atoms with E-state index in [1.165, 1.54) is 28.6 Å². The third-order valence-corrected chi connectivity index (χ3v) is 6.17. The lowest BCUT2D eigenvalue weighted by Gasteiger charge is -2.34. The molecule has 144 valence electrons. The number of nitrogens with zero attached hydrogens (tertiary/aromatic N) is 5. The molecule has 1 fully saturated rings. The Morgan fingerprint density at radius 1 is 1.07 bits per heavy atom. The Morgan fingerprint density at radius 3 is 2.26 bits per heavy atom. The van der Waals surface area contributed by atoms with Crippen molar-refractivity contribution >= 4 is 27.3 Å². The molecule has 1 N–H and O–H groups in total. The van der Waals surface area contributed by atoms with Crippen LogP contribution in [0.15, 0.2) is 41.3 Å². The van der Waals surface area contributed by atoms with Crippen LogP contribution in [0.2, 0.25) is 0 Å². The largest absolute Gasteiger partial charge is 0.369 e. The summed E-state index contributed by atoms with van der Waals surface area (Å²) in [6.45, 7) is 4.31. The van der Waals surface area contributed by atoms with Crippen LogP contribution in [0, 0.1) is 10.1 Å². The molecule has 10 nitrogen and oxygen atoms in total. The van der Waals surface area contributed by atoms with Gasteiger partial charge < -0.3 is 10.2 Å². The number of nitrogens with one attached hydrogen (secondary N) is 1. The summed E-state index contributed by atoms with van der Waals surface area (Å²) in [4.78, 5) is 12.2. The van der Waals surface area contributed by atoms with Crippen molar-refractivity contribution in [3.63, 3.8) is 0 Å². The lowest BCUT2D eigenvalue weighted by Crippen LogP contribution is -2.49. The lowest BCUT2D eigenvalue weighted by atomic mass is 10.3. The average Bonchev–Trinajstić information content (AvgIpc) is 2.69. The van der Waals surface area contributed by atoms with Crippen molar-refractivity contribution < 1.29 is 13.3 Å². The normalized spacial score (nSPS) is 15.5. The average molecular weight is 392 g/mol. The molecule has 0 radical (unpaired) electrons. The van der Waals surface area contributed by atoms with Gasteiger partial charge in [0, 0.05) is 44.9 Å². The molecule has 0 aliphatic carbocycles. The number of non-ortho nitro benzene ring substituents is 1. The van der Waals surface area contributed by atoms with Gasteiger partial charge in [0.15, 0.2) is 5.82 Å². The van der Waals surface area contributed by atoms with Crippen molar-refractivity contribution in [1.82, 2.24) is 14.5 Å². The molecule has 1 aromatic carbocycles. The fourth-order valence-corrected chi connectivity index (χ4v) is 4.24. The molecule has 0 saturated carbocycles. The first-order valence-electron chi connectivity index (χ1n) is 8.49. The summed E-state index contributed by atoms with van der Waals surface area (Å²) in [6.07, 6.45) is 0. The first kappa shape index (κ1) is 19.0. The third-order valence-electron chi connectivity index (χ3n) is 4.26. The highest BCUT2D eigenvalue weighted by atomic mass is 32.2. The minimum absolute atomic E-state index is 0.0522. The number of hydrogen-bond acceptors (Lipinski definition) is 8. The third kappa shape index (κ3) is 4.14. The van der Waals surface area contributed by atoms with E-state index in [0.29, 0.717) is 37.8 Å². The van der Waals surface area contributed by atoms with Gasteiger partial charge >= 0.3 is 0 Å². The van der Waals surface area contributed by atoms with Crippen LogP contribution in [-0.2, 0) is 10.0 Å². The van der Waals surface area contributed by atoms with Crippen molar-refractivity contribution in [3.05, 3.63) is 46.5 Å². The minimum Gasteiger partial charge on any atom is -0.369 e. The van der Waals surface area contributed by atoms with Gasteiger partial charge in [0.05, 0.1) is 9.82 Å². The number of benzene rings is 1. The minimum atomic E-state index is -3.69. The van der Waals surface area contributed by atoms with E-state index in [1.54, 1.807) is 0 Å².